The molecule has 0 unspecified atom stereocenters. The van der Waals surface area contributed by atoms with Crippen molar-refractivity contribution in [3.63, 3.8) is 0 Å². The van der Waals surface area contributed by atoms with E-state index in [1.165, 1.54) is 7.11 Å². The second-order valence-corrected chi connectivity index (χ2v) is 11.5. The van der Waals surface area contributed by atoms with E-state index in [2.05, 4.69) is 0 Å². The third-order valence-corrected chi connectivity index (χ3v) is 11.5. The molecule has 4 rings (SSSR count). The zero-order valence-electron chi connectivity index (χ0n) is 14.9. The standard InChI is InChI=1S/C18H16Cl4O4S/c1-7(2)10-13-11-8(25-3)5-6-9(26-4)12(11)14(10)18(22)17(13,21)15(19)16(20)27(18,23)24/h5-6,13-14H,1-4H3/t13-,14+,17+,18+/m0/s1. The second-order valence-electron chi connectivity index (χ2n) is 7.07. The van der Waals surface area contributed by atoms with E-state index in [1.807, 2.05) is 13.8 Å². The number of allylic oxidation sites excluding steroid dienone is 3. The molecule has 0 spiro atoms. The lowest BCUT2D eigenvalue weighted by Crippen LogP contribution is -2.50. The fourth-order valence-corrected chi connectivity index (χ4v) is 9.45. The fourth-order valence-electron chi connectivity index (χ4n) is 4.83. The SMILES string of the molecule is COc1ccc(OC)c2c1[C@H]1C(=C(C)C)[C@@H]2[C@@]2(Cl)C(Cl)=C(Cl)S(=O)(=O)[C@]12Cl. The van der Waals surface area contributed by atoms with Crippen molar-refractivity contribution < 1.29 is 17.9 Å². The Balaban J connectivity index is 2.23. The van der Waals surface area contributed by atoms with Crippen LogP contribution in [-0.2, 0) is 9.84 Å². The van der Waals surface area contributed by atoms with E-state index in [1.54, 1.807) is 19.2 Å². The van der Waals surface area contributed by atoms with E-state index in [9.17, 15) is 8.42 Å². The second kappa shape index (κ2) is 5.73. The number of fused-ring (bicyclic) bond motifs is 8. The predicted octanol–water partition coefficient (Wildman–Crippen LogP) is 5.22. The minimum Gasteiger partial charge on any atom is -0.496 e. The highest BCUT2D eigenvalue weighted by Gasteiger charge is 2.82. The molecule has 3 aliphatic rings. The molecule has 9 heteroatoms. The van der Waals surface area contributed by atoms with E-state index in [0.29, 0.717) is 17.1 Å². The van der Waals surface area contributed by atoms with Gasteiger partial charge in [0.1, 0.15) is 16.4 Å². The molecule has 0 aromatic heterocycles. The summed E-state index contributed by atoms with van der Waals surface area (Å²) in [7, 11) is -1.12. The highest BCUT2D eigenvalue weighted by Crippen LogP contribution is 2.80. The van der Waals surface area contributed by atoms with Gasteiger partial charge in [-0.05, 0) is 26.0 Å². The zero-order valence-corrected chi connectivity index (χ0v) is 18.7. The van der Waals surface area contributed by atoms with Gasteiger partial charge in [0.15, 0.2) is 8.57 Å². The number of ether oxygens (including phenoxy) is 2. The van der Waals surface area contributed by atoms with Gasteiger partial charge in [0.05, 0.1) is 19.3 Å². The first-order valence-corrected chi connectivity index (χ1v) is 11.1. The van der Waals surface area contributed by atoms with Gasteiger partial charge in [0.2, 0.25) is 9.84 Å². The minimum atomic E-state index is -4.18. The highest BCUT2D eigenvalue weighted by atomic mass is 35.5. The lowest BCUT2D eigenvalue weighted by Gasteiger charge is -2.40. The van der Waals surface area contributed by atoms with Crippen molar-refractivity contribution in [2.75, 3.05) is 14.2 Å². The molecule has 1 heterocycles. The van der Waals surface area contributed by atoms with Gasteiger partial charge in [-0.15, -0.1) is 11.6 Å². The van der Waals surface area contributed by atoms with Crippen molar-refractivity contribution in [2.24, 2.45) is 0 Å². The molecule has 1 fully saturated rings. The van der Waals surface area contributed by atoms with Crippen LogP contribution in [0.1, 0.15) is 36.8 Å². The first kappa shape index (κ1) is 19.7. The molecule has 2 bridgehead atoms. The Morgan fingerprint density at radius 2 is 1.48 bits per heavy atom. The lowest BCUT2D eigenvalue weighted by molar-refractivity contribution is 0.385. The number of rotatable bonds is 2. The van der Waals surface area contributed by atoms with Gasteiger partial charge in [-0.25, -0.2) is 8.42 Å². The maximum atomic E-state index is 13.2. The van der Waals surface area contributed by atoms with Crippen LogP contribution in [0.15, 0.2) is 32.7 Å². The Morgan fingerprint density at radius 1 is 1.00 bits per heavy atom. The molecule has 1 saturated carbocycles. The van der Waals surface area contributed by atoms with Crippen LogP contribution in [0.2, 0.25) is 0 Å². The number of hydrogen-bond acceptors (Lipinski definition) is 4. The van der Waals surface area contributed by atoms with E-state index in [4.69, 9.17) is 55.9 Å². The molecule has 0 amide bonds. The predicted molar refractivity (Wildman–Crippen MR) is 108 cm³/mol. The quantitative estimate of drug-likeness (QED) is 0.440. The van der Waals surface area contributed by atoms with Gasteiger partial charge in [0.25, 0.3) is 0 Å². The maximum Gasteiger partial charge on any atom is 0.213 e. The lowest BCUT2D eigenvalue weighted by atomic mass is 9.81. The molecule has 0 radical (unpaired) electrons. The van der Waals surface area contributed by atoms with Crippen LogP contribution in [0.4, 0.5) is 0 Å². The van der Waals surface area contributed by atoms with Gasteiger partial charge in [-0.1, -0.05) is 45.9 Å². The molecule has 27 heavy (non-hydrogen) atoms. The topological polar surface area (TPSA) is 52.6 Å². The summed E-state index contributed by atoms with van der Waals surface area (Å²) in [6.07, 6.45) is 0. The average molecular weight is 470 g/mol. The average Bonchev–Trinajstić information content (AvgIpc) is 3.13. The summed E-state index contributed by atoms with van der Waals surface area (Å²) in [5, 5.41) is -0.150. The third kappa shape index (κ3) is 1.87. The van der Waals surface area contributed by atoms with Crippen LogP contribution in [0.3, 0.4) is 0 Å². The van der Waals surface area contributed by atoms with E-state index in [-0.39, 0.29) is 5.03 Å². The molecule has 1 aromatic carbocycles. The van der Waals surface area contributed by atoms with E-state index in [0.717, 1.165) is 16.7 Å². The number of alkyl halides is 2. The van der Waals surface area contributed by atoms with Gasteiger partial charge in [0, 0.05) is 23.0 Å². The fraction of sp³-hybridized carbons (Fsp3) is 0.444. The molecular formula is C18H16Cl4O4S. The van der Waals surface area contributed by atoms with Gasteiger partial charge in [-0.3, -0.25) is 0 Å². The smallest absolute Gasteiger partial charge is 0.213 e. The van der Waals surface area contributed by atoms with Crippen molar-refractivity contribution in [3.05, 3.63) is 43.8 Å². The van der Waals surface area contributed by atoms with Crippen LogP contribution in [0, 0.1) is 0 Å². The van der Waals surface area contributed by atoms with Crippen LogP contribution in [-0.4, -0.2) is 31.7 Å². The molecule has 146 valence electrons. The van der Waals surface area contributed by atoms with Crippen molar-refractivity contribution in [1.29, 1.82) is 0 Å². The number of hydrogen-bond donors (Lipinski definition) is 0. The normalized spacial score (nSPS) is 35.3. The van der Waals surface area contributed by atoms with Gasteiger partial charge >= 0.3 is 0 Å². The molecule has 0 N–H and O–H groups in total. The third-order valence-electron chi connectivity index (χ3n) is 5.81. The van der Waals surface area contributed by atoms with Crippen molar-refractivity contribution in [2.45, 2.75) is 34.8 Å². The zero-order chi connectivity index (χ0) is 20.1. The summed E-state index contributed by atoms with van der Waals surface area (Å²) < 4.78 is 35.1. The van der Waals surface area contributed by atoms with E-state index < -0.39 is 35.1 Å². The Labute approximate surface area is 177 Å². The highest BCUT2D eigenvalue weighted by molar-refractivity contribution is 8.00. The van der Waals surface area contributed by atoms with Crippen LogP contribution < -0.4 is 9.47 Å². The van der Waals surface area contributed by atoms with Gasteiger partial charge in [-0.2, -0.15) is 0 Å². The maximum absolute atomic E-state index is 13.2. The number of methoxy groups -OCH3 is 2. The number of benzene rings is 1. The van der Waals surface area contributed by atoms with Gasteiger partial charge < -0.3 is 9.47 Å². The Kier molecular flexibility index (Phi) is 4.18. The van der Waals surface area contributed by atoms with Crippen molar-refractivity contribution in [1.82, 2.24) is 0 Å². The Bertz CT molecular complexity index is 1060. The molecular weight excluding hydrogens is 454 g/mol. The summed E-state index contributed by atoms with van der Waals surface area (Å²) in [5.74, 6) is -0.280. The monoisotopic (exact) mass is 468 g/mol. The summed E-state index contributed by atoms with van der Waals surface area (Å²) in [6.45, 7) is 3.79. The number of halogens is 4. The Hall–Kier alpha value is -0.590. The van der Waals surface area contributed by atoms with Crippen LogP contribution in [0.5, 0.6) is 11.5 Å². The van der Waals surface area contributed by atoms with Crippen molar-refractivity contribution in [3.8, 4) is 11.5 Å². The molecule has 2 aliphatic carbocycles. The summed E-state index contributed by atoms with van der Waals surface area (Å²) in [6, 6.07) is 3.50. The van der Waals surface area contributed by atoms with Crippen molar-refractivity contribution >= 4 is 56.2 Å². The van der Waals surface area contributed by atoms with E-state index >= 15 is 0 Å². The molecule has 1 aliphatic heterocycles. The van der Waals surface area contributed by atoms with Crippen LogP contribution >= 0.6 is 46.4 Å². The summed E-state index contributed by atoms with van der Waals surface area (Å²) >= 11 is 26.5. The summed E-state index contributed by atoms with van der Waals surface area (Å²) in [4.78, 5) is -1.63. The van der Waals surface area contributed by atoms with Crippen LogP contribution in [0.25, 0.3) is 0 Å². The molecule has 4 nitrogen and oxygen atoms in total. The molecule has 1 aromatic rings. The first-order chi connectivity index (χ1) is 12.5. The largest absolute Gasteiger partial charge is 0.496 e. The molecule has 0 saturated heterocycles. The number of sulfone groups is 1. The minimum absolute atomic E-state index is 0.150. The Morgan fingerprint density at radius 3 is 1.93 bits per heavy atom. The first-order valence-electron chi connectivity index (χ1n) is 8.11. The molecule has 4 atom stereocenters. The summed E-state index contributed by atoms with van der Waals surface area (Å²) in [5.41, 5.74) is 3.12.